The molecule has 0 unspecified atom stereocenters. The van der Waals surface area contributed by atoms with E-state index >= 15 is 0 Å². The number of benzene rings is 3. The van der Waals surface area contributed by atoms with Crippen LogP contribution in [0.4, 0.5) is 0 Å². The minimum absolute atomic E-state index is 0.116. The molecule has 3 aromatic rings. The molecule has 0 aliphatic heterocycles. The van der Waals surface area contributed by atoms with Crippen molar-refractivity contribution >= 4 is 0 Å². The lowest BCUT2D eigenvalue weighted by atomic mass is 9.80. The second-order valence-electron chi connectivity index (χ2n) is 8.57. The molecule has 0 aliphatic rings. The van der Waals surface area contributed by atoms with E-state index in [9.17, 15) is 0 Å². The normalized spacial score (nSPS) is 11.2. The fraction of sp³-hybridized carbons (Fsp3) is 0.286. The van der Waals surface area contributed by atoms with E-state index in [0.717, 1.165) is 42.1 Å². The maximum absolute atomic E-state index is 5.96. The van der Waals surface area contributed by atoms with Crippen LogP contribution in [0, 0.1) is 0 Å². The molecule has 0 fully saturated rings. The van der Waals surface area contributed by atoms with E-state index in [0.29, 0.717) is 6.61 Å². The van der Waals surface area contributed by atoms with Gasteiger partial charge in [0.25, 0.3) is 0 Å². The number of aryl methyl sites for hydroxylation is 1. The molecule has 0 bridgehead atoms. The molecule has 2 heteroatoms. The van der Waals surface area contributed by atoms with Gasteiger partial charge in [-0.2, -0.15) is 0 Å². The SMILES string of the molecule is C=C(C)COc1ccc(C(C)(C)CCCc2cccc(Oc3ccccc3)c2)cc1. The largest absolute Gasteiger partial charge is 0.489 e. The van der Waals surface area contributed by atoms with E-state index in [2.05, 4.69) is 62.9 Å². The summed E-state index contributed by atoms with van der Waals surface area (Å²) in [7, 11) is 0. The maximum Gasteiger partial charge on any atom is 0.127 e. The first kappa shape index (κ1) is 21.7. The Morgan fingerprint density at radius 3 is 2.23 bits per heavy atom. The Labute approximate surface area is 181 Å². The van der Waals surface area contributed by atoms with Crippen LogP contribution in [0.15, 0.2) is 91.0 Å². The number of para-hydroxylation sites is 1. The van der Waals surface area contributed by atoms with Crippen LogP contribution in [0.3, 0.4) is 0 Å². The van der Waals surface area contributed by atoms with Crippen LogP contribution in [-0.4, -0.2) is 6.61 Å². The van der Waals surface area contributed by atoms with E-state index < -0.39 is 0 Å². The standard InChI is InChI=1S/C28H32O2/c1-22(2)21-29-25-17-15-24(16-18-25)28(3,4)19-9-11-23-10-8-14-27(20-23)30-26-12-6-5-7-13-26/h5-8,10,12-18,20H,1,9,11,19,21H2,2-4H3. The van der Waals surface area contributed by atoms with Crippen molar-refractivity contribution in [1.82, 2.24) is 0 Å². The van der Waals surface area contributed by atoms with Gasteiger partial charge in [0.15, 0.2) is 0 Å². The predicted octanol–water partition coefficient (Wildman–Crippen LogP) is 7.73. The summed E-state index contributed by atoms with van der Waals surface area (Å²) in [6.07, 6.45) is 3.27. The summed E-state index contributed by atoms with van der Waals surface area (Å²) in [5.74, 6) is 2.66. The number of rotatable bonds is 10. The van der Waals surface area contributed by atoms with E-state index in [1.807, 2.05) is 43.3 Å². The highest BCUT2D eigenvalue weighted by Gasteiger charge is 2.20. The van der Waals surface area contributed by atoms with E-state index in [1.54, 1.807) is 0 Å². The summed E-state index contributed by atoms with van der Waals surface area (Å²) in [4.78, 5) is 0. The summed E-state index contributed by atoms with van der Waals surface area (Å²) in [6, 6.07) is 26.8. The molecule has 156 valence electrons. The second kappa shape index (κ2) is 10.2. The van der Waals surface area contributed by atoms with Crippen molar-refractivity contribution in [3.05, 3.63) is 102 Å². The zero-order valence-corrected chi connectivity index (χ0v) is 18.4. The average molecular weight is 401 g/mol. The zero-order chi connectivity index (χ0) is 21.4. The van der Waals surface area contributed by atoms with Gasteiger partial charge in [-0.3, -0.25) is 0 Å². The van der Waals surface area contributed by atoms with Gasteiger partial charge < -0.3 is 9.47 Å². The molecule has 0 N–H and O–H groups in total. The van der Waals surface area contributed by atoms with Crippen molar-refractivity contribution in [2.45, 2.75) is 45.4 Å². The minimum Gasteiger partial charge on any atom is -0.489 e. The molecule has 0 aromatic heterocycles. The predicted molar refractivity (Wildman–Crippen MR) is 126 cm³/mol. The Hall–Kier alpha value is -3.00. The number of hydrogen-bond acceptors (Lipinski definition) is 2. The van der Waals surface area contributed by atoms with Crippen molar-refractivity contribution in [3.63, 3.8) is 0 Å². The molecular formula is C28H32O2. The fourth-order valence-corrected chi connectivity index (χ4v) is 3.48. The molecule has 3 aromatic carbocycles. The third-order valence-electron chi connectivity index (χ3n) is 5.27. The van der Waals surface area contributed by atoms with Crippen molar-refractivity contribution in [2.75, 3.05) is 6.61 Å². The average Bonchev–Trinajstić information content (AvgIpc) is 2.73. The Morgan fingerprint density at radius 1 is 0.833 bits per heavy atom. The molecule has 0 spiro atoms. The first-order valence-electron chi connectivity index (χ1n) is 10.6. The Morgan fingerprint density at radius 2 is 1.53 bits per heavy atom. The first-order chi connectivity index (χ1) is 14.4. The summed E-state index contributed by atoms with van der Waals surface area (Å²) >= 11 is 0. The lowest BCUT2D eigenvalue weighted by Crippen LogP contribution is -2.17. The monoisotopic (exact) mass is 400 g/mol. The van der Waals surface area contributed by atoms with Gasteiger partial charge in [0.1, 0.15) is 23.9 Å². The van der Waals surface area contributed by atoms with Gasteiger partial charge in [-0.15, -0.1) is 0 Å². The third kappa shape index (κ3) is 6.52. The van der Waals surface area contributed by atoms with Crippen LogP contribution in [-0.2, 0) is 11.8 Å². The molecular weight excluding hydrogens is 368 g/mol. The van der Waals surface area contributed by atoms with Gasteiger partial charge in [-0.1, -0.05) is 62.9 Å². The van der Waals surface area contributed by atoms with Crippen LogP contribution in [0.1, 0.15) is 44.7 Å². The highest BCUT2D eigenvalue weighted by Crippen LogP contribution is 2.31. The second-order valence-corrected chi connectivity index (χ2v) is 8.57. The maximum atomic E-state index is 5.96. The lowest BCUT2D eigenvalue weighted by molar-refractivity contribution is 0.352. The summed E-state index contributed by atoms with van der Waals surface area (Å²) in [6.45, 7) is 11.0. The highest BCUT2D eigenvalue weighted by atomic mass is 16.5. The topological polar surface area (TPSA) is 18.5 Å². The lowest BCUT2D eigenvalue weighted by Gasteiger charge is -2.25. The van der Waals surface area contributed by atoms with Gasteiger partial charge in [0.05, 0.1) is 0 Å². The smallest absolute Gasteiger partial charge is 0.127 e. The van der Waals surface area contributed by atoms with E-state index in [4.69, 9.17) is 9.47 Å². The van der Waals surface area contributed by atoms with Gasteiger partial charge in [0.2, 0.25) is 0 Å². The van der Waals surface area contributed by atoms with Crippen molar-refractivity contribution in [1.29, 1.82) is 0 Å². The zero-order valence-electron chi connectivity index (χ0n) is 18.4. The van der Waals surface area contributed by atoms with Crippen LogP contribution >= 0.6 is 0 Å². The molecule has 30 heavy (non-hydrogen) atoms. The van der Waals surface area contributed by atoms with Crippen LogP contribution in [0.5, 0.6) is 17.2 Å². The molecule has 0 saturated carbocycles. The molecule has 0 amide bonds. The highest BCUT2D eigenvalue weighted by molar-refractivity contribution is 5.34. The van der Waals surface area contributed by atoms with Crippen molar-refractivity contribution < 1.29 is 9.47 Å². The quantitative estimate of drug-likeness (QED) is 0.324. The van der Waals surface area contributed by atoms with E-state index in [-0.39, 0.29) is 5.41 Å². The molecule has 0 saturated heterocycles. The van der Waals surface area contributed by atoms with Crippen molar-refractivity contribution in [2.24, 2.45) is 0 Å². The number of hydrogen-bond donors (Lipinski definition) is 0. The molecule has 0 radical (unpaired) electrons. The molecule has 2 nitrogen and oxygen atoms in total. The minimum atomic E-state index is 0.116. The Bertz CT molecular complexity index is 940. The molecule has 3 rings (SSSR count). The van der Waals surface area contributed by atoms with Crippen molar-refractivity contribution in [3.8, 4) is 17.2 Å². The molecule has 0 atom stereocenters. The summed E-state index contributed by atoms with van der Waals surface area (Å²) in [5.41, 5.74) is 3.79. The fourth-order valence-electron chi connectivity index (χ4n) is 3.48. The van der Waals surface area contributed by atoms with Crippen LogP contribution in [0.2, 0.25) is 0 Å². The Kier molecular flexibility index (Phi) is 7.35. The summed E-state index contributed by atoms with van der Waals surface area (Å²) < 4.78 is 11.7. The van der Waals surface area contributed by atoms with Gasteiger partial charge in [0, 0.05) is 0 Å². The number of ether oxygens (including phenoxy) is 2. The summed E-state index contributed by atoms with van der Waals surface area (Å²) in [5, 5.41) is 0. The van der Waals surface area contributed by atoms with Gasteiger partial charge >= 0.3 is 0 Å². The van der Waals surface area contributed by atoms with Gasteiger partial charge in [-0.05, 0) is 84.7 Å². The van der Waals surface area contributed by atoms with Crippen LogP contribution in [0.25, 0.3) is 0 Å². The van der Waals surface area contributed by atoms with Crippen LogP contribution < -0.4 is 9.47 Å². The first-order valence-corrected chi connectivity index (χ1v) is 10.6. The Balaban J connectivity index is 1.53. The van der Waals surface area contributed by atoms with E-state index in [1.165, 1.54) is 11.1 Å². The van der Waals surface area contributed by atoms with Gasteiger partial charge in [-0.25, -0.2) is 0 Å². The molecule has 0 heterocycles. The third-order valence-corrected chi connectivity index (χ3v) is 5.27. The molecule has 0 aliphatic carbocycles.